The Morgan fingerprint density at radius 1 is 1.28 bits per heavy atom. The molecule has 2 amide bonds. The zero-order chi connectivity index (χ0) is 21.2. The molecule has 1 fully saturated rings. The Labute approximate surface area is 169 Å². The molecule has 1 aromatic rings. The number of benzene rings is 1. The number of hydrazone groups is 1. The zero-order valence-corrected chi connectivity index (χ0v) is 17.1. The number of esters is 1. The number of aryl methyl sites for hydroxylation is 1. The monoisotopic (exact) mass is 421 g/mol. The van der Waals surface area contributed by atoms with Gasteiger partial charge in [-0.25, -0.2) is 18.2 Å². The number of amides is 2. The van der Waals surface area contributed by atoms with E-state index in [-0.39, 0.29) is 42.4 Å². The molecule has 0 aromatic heterocycles. The molecule has 9 nitrogen and oxygen atoms in total. The highest BCUT2D eigenvalue weighted by atomic mass is 32.2. The molecule has 10 heteroatoms. The summed E-state index contributed by atoms with van der Waals surface area (Å²) in [5.74, 6) is -1.78. The molecule has 2 heterocycles. The highest BCUT2D eigenvalue weighted by molar-refractivity contribution is 7.91. The first-order valence-electron chi connectivity index (χ1n) is 9.34. The third-order valence-electron chi connectivity index (χ3n) is 4.91. The van der Waals surface area contributed by atoms with E-state index < -0.39 is 33.9 Å². The van der Waals surface area contributed by atoms with E-state index in [1.165, 1.54) is 6.92 Å². The molecule has 2 atom stereocenters. The summed E-state index contributed by atoms with van der Waals surface area (Å²) in [6, 6.07) is 6.64. The fraction of sp³-hybridized carbons (Fsp3) is 0.474. The third-order valence-corrected chi connectivity index (χ3v) is 6.66. The summed E-state index contributed by atoms with van der Waals surface area (Å²) in [5, 5.41) is 7.84. The Kier molecular flexibility index (Phi) is 6.02. The van der Waals surface area contributed by atoms with Crippen molar-refractivity contribution in [1.29, 1.82) is 0 Å². The van der Waals surface area contributed by atoms with Crippen molar-refractivity contribution in [3.8, 4) is 0 Å². The van der Waals surface area contributed by atoms with E-state index in [9.17, 15) is 22.8 Å². The van der Waals surface area contributed by atoms with Gasteiger partial charge in [-0.3, -0.25) is 9.59 Å². The summed E-state index contributed by atoms with van der Waals surface area (Å²) >= 11 is 0. The van der Waals surface area contributed by atoms with E-state index >= 15 is 0 Å². The first-order chi connectivity index (χ1) is 13.7. The van der Waals surface area contributed by atoms with Crippen molar-refractivity contribution >= 4 is 39.0 Å². The van der Waals surface area contributed by atoms with Crippen LogP contribution in [0.3, 0.4) is 0 Å². The maximum atomic E-state index is 12.4. The molecule has 0 saturated carbocycles. The predicted molar refractivity (Wildman–Crippen MR) is 106 cm³/mol. The molecule has 156 valence electrons. The Balaban J connectivity index is 1.64. The lowest BCUT2D eigenvalue weighted by atomic mass is 10.1. The SMILES string of the molecule is Cc1ccccc1NC(=O)[C@H](C)OC(=O)C1=NN([C@@H]2CCS(=O)(=O)C2)C(=O)CC1. The van der Waals surface area contributed by atoms with E-state index in [4.69, 9.17) is 4.74 Å². The molecule has 0 aliphatic carbocycles. The second kappa shape index (κ2) is 8.32. The normalized spacial score (nSPS) is 22.0. The molecule has 29 heavy (non-hydrogen) atoms. The molecule has 1 saturated heterocycles. The Morgan fingerprint density at radius 3 is 2.66 bits per heavy atom. The number of nitrogens with zero attached hydrogens (tertiary/aromatic N) is 2. The van der Waals surface area contributed by atoms with E-state index in [1.54, 1.807) is 12.1 Å². The standard InChI is InChI=1S/C19H23N3O6S/c1-12-5-3-4-6-15(12)20-18(24)13(2)28-19(25)16-7-8-17(23)22(21-16)14-9-10-29(26,27)11-14/h3-6,13-14H,7-11H2,1-2H3,(H,20,24)/t13-,14+/m0/s1. The molecule has 0 unspecified atom stereocenters. The van der Waals surface area contributed by atoms with Crippen LogP contribution >= 0.6 is 0 Å². The molecule has 0 radical (unpaired) electrons. The van der Waals surface area contributed by atoms with E-state index in [0.717, 1.165) is 10.6 Å². The molecule has 3 rings (SSSR count). The minimum absolute atomic E-state index is 0.00411. The first-order valence-corrected chi connectivity index (χ1v) is 11.2. The highest BCUT2D eigenvalue weighted by Crippen LogP contribution is 2.22. The molecule has 0 bridgehead atoms. The van der Waals surface area contributed by atoms with Gasteiger partial charge in [0.1, 0.15) is 5.71 Å². The van der Waals surface area contributed by atoms with Gasteiger partial charge < -0.3 is 10.1 Å². The summed E-state index contributed by atoms with van der Waals surface area (Å²) in [7, 11) is -3.20. The van der Waals surface area contributed by atoms with Crippen LogP contribution < -0.4 is 5.32 Å². The van der Waals surface area contributed by atoms with E-state index in [0.29, 0.717) is 5.69 Å². The maximum absolute atomic E-state index is 12.4. The summed E-state index contributed by atoms with van der Waals surface area (Å²) in [6.45, 7) is 3.29. The lowest BCUT2D eigenvalue weighted by molar-refractivity contribution is -0.147. The van der Waals surface area contributed by atoms with Crippen LogP contribution in [0.4, 0.5) is 5.69 Å². The topological polar surface area (TPSA) is 122 Å². The minimum atomic E-state index is -3.20. The van der Waals surface area contributed by atoms with Crippen LogP contribution in [-0.2, 0) is 29.0 Å². The summed E-state index contributed by atoms with van der Waals surface area (Å²) in [5.41, 5.74) is 1.50. The quantitative estimate of drug-likeness (QED) is 0.709. The number of anilines is 1. The molecule has 1 aromatic carbocycles. The van der Waals surface area contributed by atoms with Crippen molar-refractivity contribution in [2.75, 3.05) is 16.8 Å². The number of hydrogen-bond donors (Lipinski definition) is 1. The summed E-state index contributed by atoms with van der Waals surface area (Å²) in [6.07, 6.45) is -0.661. The van der Waals surface area contributed by atoms with Gasteiger partial charge in [-0.1, -0.05) is 18.2 Å². The summed E-state index contributed by atoms with van der Waals surface area (Å²) < 4.78 is 28.6. The Hall–Kier alpha value is -2.75. The molecular weight excluding hydrogens is 398 g/mol. The van der Waals surface area contributed by atoms with Crippen LogP contribution in [0, 0.1) is 6.92 Å². The second-order valence-electron chi connectivity index (χ2n) is 7.19. The van der Waals surface area contributed by atoms with Crippen LogP contribution in [0.25, 0.3) is 0 Å². The second-order valence-corrected chi connectivity index (χ2v) is 9.42. The van der Waals surface area contributed by atoms with E-state index in [1.807, 2.05) is 19.1 Å². The fourth-order valence-electron chi connectivity index (χ4n) is 3.20. The van der Waals surface area contributed by atoms with Gasteiger partial charge in [0.05, 0.1) is 17.5 Å². The number of para-hydroxylation sites is 1. The van der Waals surface area contributed by atoms with Crippen LogP contribution in [0.2, 0.25) is 0 Å². The lowest BCUT2D eigenvalue weighted by Crippen LogP contribution is -2.42. The van der Waals surface area contributed by atoms with Gasteiger partial charge in [0.25, 0.3) is 5.91 Å². The van der Waals surface area contributed by atoms with Crippen LogP contribution in [-0.4, -0.2) is 60.6 Å². The Morgan fingerprint density at radius 2 is 2.00 bits per heavy atom. The van der Waals surface area contributed by atoms with Crippen molar-refractivity contribution in [2.45, 2.75) is 45.3 Å². The first kappa shape index (κ1) is 21.0. The minimum Gasteiger partial charge on any atom is -0.448 e. The smallest absolute Gasteiger partial charge is 0.355 e. The number of nitrogens with one attached hydrogen (secondary N) is 1. The number of ether oxygens (including phenoxy) is 1. The van der Waals surface area contributed by atoms with Gasteiger partial charge >= 0.3 is 5.97 Å². The van der Waals surface area contributed by atoms with Crippen molar-refractivity contribution in [3.63, 3.8) is 0 Å². The average Bonchev–Trinajstić information content (AvgIpc) is 3.03. The van der Waals surface area contributed by atoms with Crippen molar-refractivity contribution in [2.24, 2.45) is 5.10 Å². The largest absolute Gasteiger partial charge is 0.448 e. The number of carbonyl (C=O) groups is 3. The number of hydrogen-bond acceptors (Lipinski definition) is 7. The maximum Gasteiger partial charge on any atom is 0.355 e. The van der Waals surface area contributed by atoms with Crippen LogP contribution in [0.15, 0.2) is 29.4 Å². The molecule has 1 N–H and O–H groups in total. The van der Waals surface area contributed by atoms with Crippen molar-refractivity contribution in [3.05, 3.63) is 29.8 Å². The van der Waals surface area contributed by atoms with Crippen LogP contribution in [0.5, 0.6) is 0 Å². The third kappa shape index (κ3) is 5.00. The number of rotatable bonds is 5. The molecular formula is C19H23N3O6S. The lowest BCUT2D eigenvalue weighted by Gasteiger charge is -2.27. The van der Waals surface area contributed by atoms with Gasteiger partial charge in [-0.2, -0.15) is 5.10 Å². The van der Waals surface area contributed by atoms with Gasteiger partial charge in [0.15, 0.2) is 15.9 Å². The average molecular weight is 421 g/mol. The molecule has 2 aliphatic heterocycles. The fourth-order valence-corrected chi connectivity index (χ4v) is 4.89. The summed E-state index contributed by atoms with van der Waals surface area (Å²) in [4.78, 5) is 36.9. The van der Waals surface area contributed by atoms with Gasteiger partial charge in [0.2, 0.25) is 5.91 Å². The van der Waals surface area contributed by atoms with Crippen LogP contribution in [0.1, 0.15) is 31.7 Å². The zero-order valence-electron chi connectivity index (χ0n) is 16.3. The van der Waals surface area contributed by atoms with Gasteiger partial charge in [-0.05, 0) is 31.9 Å². The van der Waals surface area contributed by atoms with Crippen molar-refractivity contribution < 1.29 is 27.5 Å². The number of sulfone groups is 1. The predicted octanol–water partition coefficient (Wildman–Crippen LogP) is 1.03. The molecule has 2 aliphatic rings. The molecule has 0 spiro atoms. The van der Waals surface area contributed by atoms with Crippen molar-refractivity contribution in [1.82, 2.24) is 5.01 Å². The highest BCUT2D eigenvalue weighted by Gasteiger charge is 2.37. The Bertz CT molecular complexity index is 972. The number of carbonyl (C=O) groups excluding carboxylic acids is 3. The van der Waals surface area contributed by atoms with Gasteiger partial charge in [0, 0.05) is 18.5 Å². The van der Waals surface area contributed by atoms with E-state index in [2.05, 4.69) is 10.4 Å². The van der Waals surface area contributed by atoms with Gasteiger partial charge in [-0.15, -0.1) is 0 Å².